The summed E-state index contributed by atoms with van der Waals surface area (Å²) in [7, 11) is 1.87. The van der Waals surface area contributed by atoms with Crippen molar-refractivity contribution in [3.8, 4) is 0 Å². The Morgan fingerprint density at radius 2 is 2.50 bits per heavy atom. The molecule has 2 rings (SSSR count). The van der Waals surface area contributed by atoms with Crippen LogP contribution >= 0.6 is 0 Å². The fourth-order valence-corrected chi connectivity index (χ4v) is 1.40. The number of carboxylic acids is 1. The van der Waals surface area contributed by atoms with E-state index in [0.29, 0.717) is 6.54 Å². The first-order chi connectivity index (χ1) is 6.64. The lowest BCUT2D eigenvalue weighted by molar-refractivity contribution is -0.142. The molecule has 0 aromatic carbocycles. The highest BCUT2D eigenvalue weighted by molar-refractivity contribution is 5.78. The number of aryl methyl sites for hydroxylation is 1. The molecule has 5 nitrogen and oxygen atoms in total. The molecule has 0 unspecified atom stereocenters. The number of aliphatic carboxylic acids is 1. The summed E-state index contributed by atoms with van der Waals surface area (Å²) in [6, 6.07) is 0. The minimum Gasteiger partial charge on any atom is -0.481 e. The van der Waals surface area contributed by atoms with E-state index in [4.69, 9.17) is 5.11 Å². The summed E-state index contributed by atoms with van der Waals surface area (Å²) in [5, 5.41) is 12.0. The molecule has 1 aromatic heterocycles. The molecule has 1 aliphatic carbocycles. The van der Waals surface area contributed by atoms with Crippen LogP contribution in [0.15, 0.2) is 12.4 Å². The van der Waals surface area contributed by atoms with Crippen molar-refractivity contribution in [2.24, 2.45) is 12.5 Å². The first-order valence-electron chi connectivity index (χ1n) is 4.59. The first-order valence-corrected chi connectivity index (χ1v) is 4.59. The molecule has 5 heteroatoms. The summed E-state index contributed by atoms with van der Waals surface area (Å²) < 4.78 is 1.83. The number of rotatable bonds is 4. The second kappa shape index (κ2) is 3.01. The monoisotopic (exact) mass is 195 g/mol. The number of hydrogen-bond acceptors (Lipinski definition) is 3. The van der Waals surface area contributed by atoms with Crippen molar-refractivity contribution >= 4 is 11.9 Å². The Balaban J connectivity index is 1.95. The van der Waals surface area contributed by atoms with Crippen LogP contribution in [0.5, 0.6) is 0 Å². The molecular formula is C9H13N3O2. The highest BCUT2D eigenvalue weighted by Crippen LogP contribution is 2.45. The molecule has 0 amide bonds. The number of nitrogens with one attached hydrogen (secondary N) is 1. The summed E-state index contributed by atoms with van der Waals surface area (Å²) in [6.07, 6.45) is 5.03. The maximum atomic E-state index is 10.9. The fourth-order valence-electron chi connectivity index (χ4n) is 1.40. The molecule has 0 bridgehead atoms. The molecule has 0 radical (unpaired) electrons. The number of carbonyl (C=O) groups is 1. The maximum absolute atomic E-state index is 10.9. The van der Waals surface area contributed by atoms with Gasteiger partial charge >= 0.3 is 5.97 Å². The number of nitrogens with zero attached hydrogens (tertiary/aromatic N) is 2. The molecule has 0 spiro atoms. The van der Waals surface area contributed by atoms with E-state index in [2.05, 4.69) is 10.3 Å². The van der Waals surface area contributed by atoms with E-state index in [1.807, 2.05) is 17.8 Å². The second-order valence-electron chi connectivity index (χ2n) is 3.80. The van der Waals surface area contributed by atoms with Crippen LogP contribution < -0.4 is 5.32 Å². The van der Waals surface area contributed by atoms with Gasteiger partial charge in [-0.3, -0.25) is 4.79 Å². The standard InChI is InChI=1S/C9H13N3O2/c1-12-5-4-10-8(12)11-6-9(2-3-9)7(13)14/h4-5H,2-3,6H2,1H3,(H,10,11)(H,13,14). The molecule has 0 aliphatic heterocycles. The van der Waals surface area contributed by atoms with E-state index in [1.165, 1.54) is 0 Å². The zero-order valence-corrected chi connectivity index (χ0v) is 8.03. The van der Waals surface area contributed by atoms with Crippen molar-refractivity contribution in [2.45, 2.75) is 12.8 Å². The lowest BCUT2D eigenvalue weighted by atomic mass is 10.1. The third-order valence-electron chi connectivity index (χ3n) is 2.71. The Morgan fingerprint density at radius 3 is 2.93 bits per heavy atom. The first kappa shape index (κ1) is 9.05. The molecule has 0 saturated heterocycles. The van der Waals surface area contributed by atoms with Gasteiger partial charge in [-0.05, 0) is 12.8 Å². The van der Waals surface area contributed by atoms with Crippen LogP contribution in [-0.4, -0.2) is 27.2 Å². The molecule has 1 aliphatic rings. The van der Waals surface area contributed by atoms with E-state index < -0.39 is 11.4 Å². The average molecular weight is 195 g/mol. The number of anilines is 1. The SMILES string of the molecule is Cn1ccnc1NCC1(C(=O)O)CC1. The van der Waals surface area contributed by atoms with Crippen LogP contribution in [0.25, 0.3) is 0 Å². The van der Waals surface area contributed by atoms with Crippen LogP contribution in [0.2, 0.25) is 0 Å². The van der Waals surface area contributed by atoms with Crippen molar-refractivity contribution in [2.75, 3.05) is 11.9 Å². The van der Waals surface area contributed by atoms with Crippen LogP contribution in [0.3, 0.4) is 0 Å². The van der Waals surface area contributed by atoms with Crippen LogP contribution in [0, 0.1) is 5.41 Å². The Bertz CT molecular complexity index is 355. The van der Waals surface area contributed by atoms with Gasteiger partial charge in [0.1, 0.15) is 0 Å². The molecule has 0 atom stereocenters. The van der Waals surface area contributed by atoms with Crippen LogP contribution in [0.4, 0.5) is 5.95 Å². The number of carboxylic acid groups (broad SMARTS) is 1. The smallest absolute Gasteiger partial charge is 0.311 e. The van der Waals surface area contributed by atoms with Gasteiger partial charge in [-0.25, -0.2) is 4.98 Å². The maximum Gasteiger partial charge on any atom is 0.311 e. The molecular weight excluding hydrogens is 182 g/mol. The minimum atomic E-state index is -0.709. The topological polar surface area (TPSA) is 67.2 Å². The van der Waals surface area contributed by atoms with E-state index in [1.54, 1.807) is 6.20 Å². The molecule has 14 heavy (non-hydrogen) atoms. The third kappa shape index (κ3) is 1.45. The van der Waals surface area contributed by atoms with Gasteiger partial charge in [0.05, 0.1) is 5.41 Å². The Kier molecular flexibility index (Phi) is 1.94. The molecule has 1 saturated carbocycles. The Labute approximate surface area is 81.8 Å². The Morgan fingerprint density at radius 1 is 1.79 bits per heavy atom. The van der Waals surface area contributed by atoms with Crippen molar-refractivity contribution in [1.29, 1.82) is 0 Å². The zero-order chi connectivity index (χ0) is 10.2. The van der Waals surface area contributed by atoms with Gasteiger partial charge in [0.25, 0.3) is 0 Å². The average Bonchev–Trinajstić information content (AvgIpc) is 2.83. The van der Waals surface area contributed by atoms with Crippen molar-refractivity contribution < 1.29 is 9.90 Å². The predicted octanol–water partition coefficient (Wildman–Crippen LogP) is 0.697. The van der Waals surface area contributed by atoms with E-state index >= 15 is 0 Å². The molecule has 1 heterocycles. The minimum absolute atomic E-state index is 0.465. The number of hydrogen-bond donors (Lipinski definition) is 2. The molecule has 1 aromatic rings. The summed E-state index contributed by atoms with van der Waals surface area (Å²) in [5.74, 6) is 0.0109. The summed E-state index contributed by atoms with van der Waals surface area (Å²) in [6.45, 7) is 0.465. The van der Waals surface area contributed by atoms with E-state index in [0.717, 1.165) is 18.8 Å². The van der Waals surface area contributed by atoms with E-state index in [9.17, 15) is 4.79 Å². The lowest BCUT2D eigenvalue weighted by Crippen LogP contribution is -2.25. The van der Waals surface area contributed by atoms with Gasteiger partial charge < -0.3 is 15.0 Å². The summed E-state index contributed by atoms with van der Waals surface area (Å²) in [4.78, 5) is 14.9. The lowest BCUT2D eigenvalue weighted by Gasteiger charge is -2.11. The second-order valence-corrected chi connectivity index (χ2v) is 3.80. The van der Waals surface area contributed by atoms with Gasteiger partial charge in [0, 0.05) is 26.0 Å². The fraction of sp³-hybridized carbons (Fsp3) is 0.556. The zero-order valence-electron chi connectivity index (χ0n) is 8.03. The highest BCUT2D eigenvalue weighted by atomic mass is 16.4. The highest BCUT2D eigenvalue weighted by Gasteiger charge is 2.50. The predicted molar refractivity (Wildman–Crippen MR) is 51.0 cm³/mol. The largest absolute Gasteiger partial charge is 0.481 e. The van der Waals surface area contributed by atoms with Crippen molar-refractivity contribution in [3.05, 3.63) is 12.4 Å². The molecule has 2 N–H and O–H groups in total. The molecule has 1 fully saturated rings. The van der Waals surface area contributed by atoms with Gasteiger partial charge in [-0.2, -0.15) is 0 Å². The summed E-state index contributed by atoms with van der Waals surface area (Å²) in [5.41, 5.74) is -0.536. The third-order valence-corrected chi connectivity index (χ3v) is 2.71. The number of aromatic nitrogens is 2. The summed E-state index contributed by atoms with van der Waals surface area (Å²) >= 11 is 0. The van der Waals surface area contributed by atoms with Gasteiger partial charge in [0.2, 0.25) is 5.95 Å². The van der Waals surface area contributed by atoms with Crippen molar-refractivity contribution in [3.63, 3.8) is 0 Å². The number of imidazole rings is 1. The molecule has 76 valence electrons. The van der Waals surface area contributed by atoms with Crippen molar-refractivity contribution in [1.82, 2.24) is 9.55 Å². The normalized spacial score (nSPS) is 17.8. The van der Waals surface area contributed by atoms with Gasteiger partial charge in [-0.15, -0.1) is 0 Å². The Hall–Kier alpha value is -1.52. The van der Waals surface area contributed by atoms with Crippen LogP contribution in [-0.2, 0) is 11.8 Å². The van der Waals surface area contributed by atoms with E-state index in [-0.39, 0.29) is 0 Å². The van der Waals surface area contributed by atoms with Crippen LogP contribution in [0.1, 0.15) is 12.8 Å². The quantitative estimate of drug-likeness (QED) is 0.742. The van der Waals surface area contributed by atoms with Gasteiger partial charge in [-0.1, -0.05) is 0 Å². The van der Waals surface area contributed by atoms with Gasteiger partial charge in [0.15, 0.2) is 0 Å².